The Morgan fingerprint density at radius 1 is 1.00 bits per heavy atom. The molecule has 0 spiro atoms. The number of carbonyl (C=O) groups is 3. The van der Waals surface area contributed by atoms with Gasteiger partial charge in [-0.05, 0) is 50.8 Å². The first-order valence-corrected chi connectivity index (χ1v) is 12.0. The summed E-state index contributed by atoms with van der Waals surface area (Å²) in [6.07, 6.45) is 4.28. The van der Waals surface area contributed by atoms with Gasteiger partial charge in [0.05, 0.1) is 18.1 Å². The van der Waals surface area contributed by atoms with Gasteiger partial charge in [-0.15, -0.1) is 11.3 Å². The van der Waals surface area contributed by atoms with Crippen LogP contribution in [0.25, 0.3) is 0 Å². The first-order valence-electron chi connectivity index (χ1n) is 11.2. The van der Waals surface area contributed by atoms with Crippen LogP contribution in [0.4, 0.5) is 0 Å². The number of rotatable bonds is 10. The van der Waals surface area contributed by atoms with Gasteiger partial charge in [-0.25, -0.2) is 0 Å². The molecule has 2 aliphatic rings. The molecule has 1 aromatic rings. The highest BCUT2D eigenvalue weighted by atomic mass is 32.1. The van der Waals surface area contributed by atoms with Crippen LogP contribution < -0.4 is 0 Å². The van der Waals surface area contributed by atoms with E-state index in [0.717, 1.165) is 63.7 Å². The molecule has 7 heteroatoms. The number of aryl methyl sites for hydroxylation is 1. The van der Waals surface area contributed by atoms with Crippen LogP contribution >= 0.6 is 11.3 Å². The van der Waals surface area contributed by atoms with Crippen molar-refractivity contribution >= 4 is 28.8 Å². The molecule has 0 bridgehead atoms. The van der Waals surface area contributed by atoms with Gasteiger partial charge in [0, 0.05) is 56.7 Å². The van der Waals surface area contributed by atoms with Crippen molar-refractivity contribution in [3.8, 4) is 0 Å². The third kappa shape index (κ3) is 7.29. The Morgan fingerprint density at radius 3 is 2.37 bits per heavy atom. The van der Waals surface area contributed by atoms with E-state index in [1.54, 1.807) is 0 Å². The summed E-state index contributed by atoms with van der Waals surface area (Å²) in [7, 11) is 0. The standard InChI is InChI=1S/C23H34N2O4S/c1-18-2-6-22(30-18)21(27)5-3-20(26)4-7-23(28)25-12-9-19(10-13-25)8-11-24-14-16-29-17-15-24/h2,6,19H,3-5,7-17H2,1H3. The number of carbonyl (C=O) groups excluding carboxylic acids is 3. The van der Waals surface area contributed by atoms with Crippen molar-refractivity contribution in [2.45, 2.75) is 51.9 Å². The van der Waals surface area contributed by atoms with Gasteiger partial charge in [-0.2, -0.15) is 0 Å². The summed E-state index contributed by atoms with van der Waals surface area (Å²) in [5.74, 6) is 0.790. The molecule has 3 rings (SSSR count). The zero-order chi connectivity index (χ0) is 21.3. The summed E-state index contributed by atoms with van der Waals surface area (Å²) in [5.41, 5.74) is 0. The van der Waals surface area contributed by atoms with Crippen LogP contribution in [0, 0.1) is 12.8 Å². The number of morpholine rings is 1. The highest BCUT2D eigenvalue weighted by Crippen LogP contribution is 2.22. The second kappa shape index (κ2) is 11.7. The predicted octanol–water partition coefficient (Wildman–Crippen LogP) is 3.33. The number of thiophene rings is 1. The fourth-order valence-corrected chi connectivity index (χ4v) is 4.99. The summed E-state index contributed by atoms with van der Waals surface area (Å²) in [5, 5.41) is 0. The first-order chi connectivity index (χ1) is 14.5. The van der Waals surface area contributed by atoms with Gasteiger partial charge in [-0.3, -0.25) is 19.3 Å². The second-order valence-corrected chi connectivity index (χ2v) is 9.73. The number of ether oxygens (including phenoxy) is 1. The summed E-state index contributed by atoms with van der Waals surface area (Å²) < 4.78 is 5.39. The van der Waals surface area contributed by atoms with Crippen molar-refractivity contribution in [2.24, 2.45) is 5.92 Å². The number of likely N-dealkylation sites (tertiary alicyclic amines) is 1. The Balaban J connectivity index is 1.27. The largest absolute Gasteiger partial charge is 0.379 e. The maximum absolute atomic E-state index is 12.5. The molecular weight excluding hydrogens is 400 g/mol. The normalized spacial score (nSPS) is 18.5. The Morgan fingerprint density at radius 2 is 1.70 bits per heavy atom. The Kier molecular flexibility index (Phi) is 9.03. The topological polar surface area (TPSA) is 66.9 Å². The smallest absolute Gasteiger partial charge is 0.223 e. The average molecular weight is 435 g/mol. The van der Waals surface area contributed by atoms with Crippen LogP contribution in [0.3, 0.4) is 0 Å². The lowest BCUT2D eigenvalue weighted by molar-refractivity contribution is -0.134. The number of hydrogen-bond acceptors (Lipinski definition) is 6. The minimum absolute atomic E-state index is 0.00498. The van der Waals surface area contributed by atoms with Crippen LogP contribution in [0.2, 0.25) is 0 Å². The molecule has 1 amide bonds. The van der Waals surface area contributed by atoms with Crippen molar-refractivity contribution in [1.29, 1.82) is 0 Å². The molecule has 6 nitrogen and oxygen atoms in total. The van der Waals surface area contributed by atoms with Crippen LogP contribution in [-0.4, -0.2) is 73.2 Å². The molecule has 2 saturated heterocycles. The molecule has 0 aliphatic carbocycles. The maximum atomic E-state index is 12.5. The van der Waals surface area contributed by atoms with Crippen LogP contribution in [0.1, 0.15) is 59.5 Å². The molecule has 0 aromatic carbocycles. The van der Waals surface area contributed by atoms with E-state index in [9.17, 15) is 14.4 Å². The van der Waals surface area contributed by atoms with E-state index in [1.807, 2.05) is 24.0 Å². The summed E-state index contributed by atoms with van der Waals surface area (Å²) in [4.78, 5) is 42.9. The zero-order valence-electron chi connectivity index (χ0n) is 18.1. The van der Waals surface area contributed by atoms with Crippen molar-refractivity contribution in [2.75, 3.05) is 45.9 Å². The quantitative estimate of drug-likeness (QED) is 0.529. The van der Waals surface area contributed by atoms with Gasteiger partial charge < -0.3 is 9.64 Å². The third-order valence-electron chi connectivity index (χ3n) is 6.19. The van der Waals surface area contributed by atoms with Gasteiger partial charge in [0.2, 0.25) is 5.91 Å². The highest BCUT2D eigenvalue weighted by molar-refractivity contribution is 7.14. The van der Waals surface area contributed by atoms with Gasteiger partial charge in [0.15, 0.2) is 5.78 Å². The first kappa shape index (κ1) is 23.1. The Bertz CT molecular complexity index is 719. The van der Waals surface area contributed by atoms with E-state index in [0.29, 0.717) is 10.8 Å². The number of Topliss-reactive ketones (excluding diaryl/α,β-unsaturated/α-hetero) is 2. The predicted molar refractivity (Wildman–Crippen MR) is 118 cm³/mol. The Hall–Kier alpha value is -1.57. The molecule has 3 heterocycles. The molecule has 0 atom stereocenters. The minimum atomic E-state index is 0.00498. The average Bonchev–Trinajstić information content (AvgIpc) is 3.22. The lowest BCUT2D eigenvalue weighted by atomic mass is 9.93. The van der Waals surface area contributed by atoms with Crippen LogP contribution in [0.5, 0.6) is 0 Å². The van der Waals surface area contributed by atoms with E-state index < -0.39 is 0 Å². The van der Waals surface area contributed by atoms with Crippen molar-refractivity contribution in [3.05, 3.63) is 21.9 Å². The molecule has 1 aromatic heterocycles. The van der Waals surface area contributed by atoms with E-state index in [1.165, 1.54) is 17.8 Å². The number of ketones is 2. The number of hydrogen-bond donors (Lipinski definition) is 0. The number of amides is 1. The zero-order valence-corrected chi connectivity index (χ0v) is 18.9. The van der Waals surface area contributed by atoms with E-state index in [-0.39, 0.29) is 43.2 Å². The lowest BCUT2D eigenvalue weighted by Gasteiger charge is -2.34. The fourth-order valence-electron chi connectivity index (χ4n) is 4.15. The van der Waals surface area contributed by atoms with Crippen LogP contribution in [0.15, 0.2) is 12.1 Å². The molecule has 166 valence electrons. The van der Waals surface area contributed by atoms with E-state index >= 15 is 0 Å². The van der Waals surface area contributed by atoms with E-state index in [4.69, 9.17) is 4.74 Å². The monoisotopic (exact) mass is 434 g/mol. The molecule has 30 heavy (non-hydrogen) atoms. The van der Waals surface area contributed by atoms with Gasteiger partial charge >= 0.3 is 0 Å². The van der Waals surface area contributed by atoms with Crippen molar-refractivity contribution in [1.82, 2.24) is 9.80 Å². The number of piperidine rings is 1. The highest BCUT2D eigenvalue weighted by Gasteiger charge is 2.24. The van der Waals surface area contributed by atoms with Gasteiger partial charge in [-0.1, -0.05) is 0 Å². The van der Waals surface area contributed by atoms with Gasteiger partial charge in [0.25, 0.3) is 0 Å². The molecule has 0 radical (unpaired) electrons. The minimum Gasteiger partial charge on any atom is -0.379 e. The molecule has 2 fully saturated rings. The van der Waals surface area contributed by atoms with Crippen LogP contribution in [-0.2, 0) is 14.3 Å². The number of nitrogens with zero attached hydrogens (tertiary/aromatic N) is 2. The fraction of sp³-hybridized carbons (Fsp3) is 0.696. The van der Waals surface area contributed by atoms with Gasteiger partial charge in [0.1, 0.15) is 5.78 Å². The second-order valence-electron chi connectivity index (χ2n) is 8.44. The van der Waals surface area contributed by atoms with Crippen molar-refractivity contribution in [3.63, 3.8) is 0 Å². The summed E-state index contributed by atoms with van der Waals surface area (Å²) in [6, 6.07) is 3.74. The third-order valence-corrected chi connectivity index (χ3v) is 7.23. The molecule has 2 aliphatic heterocycles. The SMILES string of the molecule is Cc1ccc(C(=O)CCC(=O)CCC(=O)N2CCC(CCN3CCOCC3)CC2)s1. The van der Waals surface area contributed by atoms with E-state index in [2.05, 4.69) is 4.90 Å². The molecule has 0 unspecified atom stereocenters. The maximum Gasteiger partial charge on any atom is 0.223 e. The molecule has 0 saturated carbocycles. The molecular formula is C23H34N2O4S. The lowest BCUT2D eigenvalue weighted by Crippen LogP contribution is -2.40. The summed E-state index contributed by atoms with van der Waals surface area (Å²) >= 11 is 1.47. The molecule has 0 N–H and O–H groups in total. The van der Waals surface area contributed by atoms with Crippen molar-refractivity contribution < 1.29 is 19.1 Å². The Labute approximate surface area is 183 Å². The summed E-state index contributed by atoms with van der Waals surface area (Å²) in [6.45, 7) is 8.44.